The predicted molar refractivity (Wildman–Crippen MR) is 83.7 cm³/mol. The number of carbonyl (C=O) groups is 1. The number of hydrogen-bond donors (Lipinski definition) is 1. The fourth-order valence-corrected chi connectivity index (χ4v) is 3.06. The van der Waals surface area contributed by atoms with E-state index in [0.717, 1.165) is 12.1 Å². The summed E-state index contributed by atoms with van der Waals surface area (Å²) in [4.78, 5) is 12.3. The first kappa shape index (κ1) is 18.5. The zero-order valence-corrected chi connectivity index (χ0v) is 14.8. The highest BCUT2D eigenvalue weighted by molar-refractivity contribution is 9.10. The van der Waals surface area contributed by atoms with E-state index in [-0.39, 0.29) is 5.56 Å². The Labute approximate surface area is 138 Å². The van der Waals surface area contributed by atoms with Crippen LogP contribution in [-0.2, 0) is 6.18 Å². The molecule has 1 aromatic carbocycles. The second-order valence-electron chi connectivity index (χ2n) is 5.00. The van der Waals surface area contributed by atoms with E-state index in [9.17, 15) is 18.0 Å². The Hall–Kier alpha value is -0.560. The summed E-state index contributed by atoms with van der Waals surface area (Å²) in [5.74, 6) is -0.515. The fourth-order valence-electron chi connectivity index (χ4n) is 1.75. The molecular weight excluding hydrogens is 415 g/mol. The van der Waals surface area contributed by atoms with Gasteiger partial charge in [-0.3, -0.25) is 4.79 Å². The second-order valence-corrected chi connectivity index (χ2v) is 6.65. The Morgan fingerprint density at radius 3 is 2.43 bits per heavy atom. The van der Waals surface area contributed by atoms with Crippen LogP contribution in [-0.4, -0.2) is 16.8 Å². The summed E-state index contributed by atoms with van der Waals surface area (Å²) >= 11 is 6.44. The summed E-state index contributed by atoms with van der Waals surface area (Å²) in [7, 11) is 0. The van der Waals surface area contributed by atoms with Gasteiger partial charge in [-0.05, 0) is 53.9 Å². The third-order valence-electron chi connectivity index (χ3n) is 3.38. The zero-order valence-electron chi connectivity index (χ0n) is 11.7. The number of rotatable bonds is 5. The standard InChI is InChI=1S/C14H16Br2F3NO/c1-3-13(2,6-7-15)20-12(21)10-8-9(14(17,18)19)4-5-11(10)16/h4-5,8H,3,6-7H2,1-2H3,(H,20,21). The van der Waals surface area contributed by atoms with Gasteiger partial charge in [0.2, 0.25) is 0 Å². The van der Waals surface area contributed by atoms with E-state index in [2.05, 4.69) is 37.2 Å². The van der Waals surface area contributed by atoms with Gasteiger partial charge in [-0.1, -0.05) is 22.9 Å². The lowest BCUT2D eigenvalue weighted by Crippen LogP contribution is -2.46. The Kier molecular flexibility index (Phi) is 6.28. The molecule has 118 valence electrons. The van der Waals surface area contributed by atoms with Crippen LogP contribution in [0.15, 0.2) is 22.7 Å². The maximum absolute atomic E-state index is 12.7. The Balaban J connectivity index is 3.07. The van der Waals surface area contributed by atoms with Crippen molar-refractivity contribution in [2.75, 3.05) is 5.33 Å². The molecule has 0 bridgehead atoms. The number of alkyl halides is 4. The molecule has 0 aliphatic carbocycles. The first-order valence-electron chi connectivity index (χ1n) is 6.38. The molecule has 1 amide bonds. The molecule has 0 heterocycles. The summed E-state index contributed by atoms with van der Waals surface area (Å²) in [6.45, 7) is 3.79. The van der Waals surface area contributed by atoms with Gasteiger partial charge in [0.15, 0.2) is 0 Å². The zero-order chi connectivity index (χ0) is 16.3. The molecule has 0 radical (unpaired) electrons. The summed E-state index contributed by atoms with van der Waals surface area (Å²) in [5, 5.41) is 3.51. The Morgan fingerprint density at radius 2 is 1.95 bits per heavy atom. The number of halogens is 5. The molecule has 1 atom stereocenters. The fraction of sp³-hybridized carbons (Fsp3) is 0.500. The minimum Gasteiger partial charge on any atom is -0.347 e. The molecule has 21 heavy (non-hydrogen) atoms. The maximum Gasteiger partial charge on any atom is 0.416 e. The molecule has 1 rings (SSSR count). The van der Waals surface area contributed by atoms with Crippen molar-refractivity contribution in [3.8, 4) is 0 Å². The van der Waals surface area contributed by atoms with Crippen LogP contribution < -0.4 is 5.32 Å². The topological polar surface area (TPSA) is 29.1 Å². The molecule has 0 saturated carbocycles. The molecule has 0 aromatic heterocycles. The average Bonchev–Trinajstić information content (AvgIpc) is 2.37. The quantitative estimate of drug-likeness (QED) is 0.643. The highest BCUT2D eigenvalue weighted by Crippen LogP contribution is 2.32. The summed E-state index contributed by atoms with van der Waals surface area (Å²) < 4.78 is 38.5. The van der Waals surface area contributed by atoms with E-state index < -0.39 is 23.2 Å². The van der Waals surface area contributed by atoms with Crippen LogP contribution >= 0.6 is 31.9 Å². The van der Waals surface area contributed by atoms with Crippen LogP contribution in [0.5, 0.6) is 0 Å². The predicted octanol–water partition coefficient (Wildman–Crippen LogP) is 5.15. The molecule has 0 aliphatic rings. The Bertz CT molecular complexity index is 519. The van der Waals surface area contributed by atoms with Crippen LogP contribution in [0.2, 0.25) is 0 Å². The average molecular weight is 431 g/mol. The van der Waals surface area contributed by atoms with E-state index in [4.69, 9.17) is 0 Å². The van der Waals surface area contributed by atoms with Gasteiger partial charge in [0.25, 0.3) is 5.91 Å². The van der Waals surface area contributed by atoms with Crippen LogP contribution in [0.4, 0.5) is 13.2 Å². The van der Waals surface area contributed by atoms with Gasteiger partial charge in [0, 0.05) is 15.3 Å². The maximum atomic E-state index is 12.7. The van der Waals surface area contributed by atoms with E-state index in [1.165, 1.54) is 6.07 Å². The van der Waals surface area contributed by atoms with Crippen LogP contribution in [0.3, 0.4) is 0 Å². The summed E-state index contributed by atoms with van der Waals surface area (Å²) in [6, 6.07) is 3.05. The second kappa shape index (κ2) is 7.13. The van der Waals surface area contributed by atoms with Crippen LogP contribution in [0.25, 0.3) is 0 Å². The van der Waals surface area contributed by atoms with Crippen molar-refractivity contribution in [1.29, 1.82) is 0 Å². The minimum atomic E-state index is -4.47. The lowest BCUT2D eigenvalue weighted by atomic mass is 9.95. The molecule has 1 aromatic rings. The Morgan fingerprint density at radius 1 is 1.33 bits per heavy atom. The van der Waals surface area contributed by atoms with Crippen molar-refractivity contribution in [2.24, 2.45) is 0 Å². The third-order valence-corrected chi connectivity index (χ3v) is 4.47. The van der Waals surface area contributed by atoms with Gasteiger partial charge in [0.05, 0.1) is 11.1 Å². The van der Waals surface area contributed by atoms with Gasteiger partial charge in [0.1, 0.15) is 0 Å². The molecule has 2 nitrogen and oxygen atoms in total. The molecule has 0 aliphatic heterocycles. The SMILES string of the molecule is CCC(C)(CCBr)NC(=O)c1cc(C(F)(F)F)ccc1Br. The normalized spacial score (nSPS) is 14.6. The first-order chi connectivity index (χ1) is 9.63. The van der Waals surface area contributed by atoms with Crippen molar-refractivity contribution >= 4 is 37.8 Å². The molecule has 0 spiro atoms. The number of hydrogen-bond acceptors (Lipinski definition) is 1. The summed E-state index contributed by atoms with van der Waals surface area (Å²) in [5.41, 5.74) is -1.32. The van der Waals surface area contributed by atoms with Crippen molar-refractivity contribution in [2.45, 2.75) is 38.4 Å². The van der Waals surface area contributed by atoms with Crippen molar-refractivity contribution in [1.82, 2.24) is 5.32 Å². The number of benzene rings is 1. The van der Waals surface area contributed by atoms with Gasteiger partial charge in [-0.25, -0.2) is 0 Å². The number of carbonyl (C=O) groups excluding carboxylic acids is 1. The molecular formula is C14H16Br2F3NO. The van der Waals surface area contributed by atoms with E-state index in [0.29, 0.717) is 22.6 Å². The van der Waals surface area contributed by atoms with Gasteiger partial charge in [-0.2, -0.15) is 13.2 Å². The minimum absolute atomic E-state index is 0.0147. The first-order valence-corrected chi connectivity index (χ1v) is 8.29. The van der Waals surface area contributed by atoms with Crippen molar-refractivity contribution in [3.05, 3.63) is 33.8 Å². The van der Waals surface area contributed by atoms with E-state index in [1.54, 1.807) is 0 Å². The van der Waals surface area contributed by atoms with E-state index in [1.807, 2.05) is 13.8 Å². The smallest absolute Gasteiger partial charge is 0.347 e. The molecule has 1 N–H and O–H groups in total. The van der Waals surface area contributed by atoms with Gasteiger partial charge < -0.3 is 5.32 Å². The van der Waals surface area contributed by atoms with E-state index >= 15 is 0 Å². The van der Waals surface area contributed by atoms with Gasteiger partial charge >= 0.3 is 6.18 Å². The van der Waals surface area contributed by atoms with Gasteiger partial charge in [-0.15, -0.1) is 0 Å². The van der Waals surface area contributed by atoms with Crippen molar-refractivity contribution in [3.63, 3.8) is 0 Å². The van der Waals surface area contributed by atoms with Crippen LogP contribution in [0, 0.1) is 0 Å². The monoisotopic (exact) mass is 429 g/mol. The highest BCUT2D eigenvalue weighted by atomic mass is 79.9. The number of nitrogens with one attached hydrogen (secondary N) is 1. The van der Waals surface area contributed by atoms with Crippen LogP contribution in [0.1, 0.15) is 42.6 Å². The molecule has 7 heteroatoms. The molecule has 0 saturated heterocycles. The largest absolute Gasteiger partial charge is 0.416 e. The molecule has 1 unspecified atom stereocenters. The summed E-state index contributed by atoms with van der Waals surface area (Å²) in [6.07, 6.45) is -3.10. The lowest BCUT2D eigenvalue weighted by Gasteiger charge is -2.29. The molecule has 0 fully saturated rings. The lowest BCUT2D eigenvalue weighted by molar-refractivity contribution is -0.137. The number of amides is 1. The van der Waals surface area contributed by atoms with Crippen molar-refractivity contribution < 1.29 is 18.0 Å². The third kappa shape index (κ3) is 4.98. The highest BCUT2D eigenvalue weighted by Gasteiger charge is 2.32.